The van der Waals surface area contributed by atoms with E-state index in [1.807, 2.05) is 0 Å². The third-order valence-corrected chi connectivity index (χ3v) is 4.79. The van der Waals surface area contributed by atoms with Crippen molar-refractivity contribution in [1.82, 2.24) is 4.90 Å². The Kier molecular flexibility index (Phi) is 4.07. The van der Waals surface area contributed by atoms with Gasteiger partial charge < -0.3 is 10.4 Å². The summed E-state index contributed by atoms with van der Waals surface area (Å²) in [7, 11) is -2.96. The summed E-state index contributed by atoms with van der Waals surface area (Å²) < 4.78 is 35.7. The van der Waals surface area contributed by atoms with Gasteiger partial charge in [-0.3, -0.25) is 4.90 Å². The van der Waals surface area contributed by atoms with Gasteiger partial charge in [-0.25, -0.2) is 12.8 Å². The van der Waals surface area contributed by atoms with Crippen LogP contribution in [0.5, 0.6) is 0 Å². The fourth-order valence-corrected chi connectivity index (χ4v) is 3.18. The lowest BCUT2D eigenvalue weighted by Gasteiger charge is -2.31. The first-order valence-electron chi connectivity index (χ1n) is 6.03. The van der Waals surface area contributed by atoms with Crippen molar-refractivity contribution >= 4 is 15.5 Å². The fraction of sp³-hybridized carbons (Fsp3) is 0.500. The predicted molar refractivity (Wildman–Crippen MR) is 71.0 cm³/mol. The molecule has 1 heterocycles. The van der Waals surface area contributed by atoms with Crippen molar-refractivity contribution in [2.24, 2.45) is 0 Å². The molecule has 0 radical (unpaired) electrons. The van der Waals surface area contributed by atoms with Crippen molar-refractivity contribution < 1.29 is 17.9 Å². The van der Waals surface area contributed by atoms with E-state index in [9.17, 15) is 17.9 Å². The lowest BCUT2D eigenvalue weighted by molar-refractivity contribution is 0.0328. The molecule has 0 aromatic heterocycles. The van der Waals surface area contributed by atoms with Gasteiger partial charge >= 0.3 is 0 Å². The minimum Gasteiger partial charge on any atom is -0.361 e. The Morgan fingerprint density at radius 2 is 2.00 bits per heavy atom. The van der Waals surface area contributed by atoms with Gasteiger partial charge in [0.25, 0.3) is 0 Å². The van der Waals surface area contributed by atoms with Gasteiger partial charge in [0.15, 0.2) is 16.2 Å². The topological polar surface area (TPSA) is 69.6 Å². The third-order valence-electron chi connectivity index (χ3n) is 3.18. The quantitative estimate of drug-likeness (QED) is 0.795. The summed E-state index contributed by atoms with van der Waals surface area (Å²) in [6.45, 7) is 2.22. The molecule has 19 heavy (non-hydrogen) atoms. The van der Waals surface area contributed by atoms with Crippen molar-refractivity contribution in [2.75, 3.05) is 29.9 Å². The number of sulfone groups is 1. The molecule has 1 unspecified atom stereocenters. The second-order valence-corrected chi connectivity index (χ2v) is 6.97. The molecule has 5 nitrogen and oxygen atoms in total. The van der Waals surface area contributed by atoms with E-state index in [1.165, 1.54) is 12.1 Å². The zero-order chi connectivity index (χ0) is 14.0. The normalized spacial score (nSPS) is 21.0. The molecular formula is C12H17FN2O3S. The van der Waals surface area contributed by atoms with Gasteiger partial charge in [-0.05, 0) is 30.7 Å². The lowest BCUT2D eigenvalue weighted by atomic mass is 10.2. The second-order valence-electron chi connectivity index (χ2n) is 4.67. The van der Waals surface area contributed by atoms with E-state index >= 15 is 0 Å². The first-order chi connectivity index (χ1) is 8.87. The Morgan fingerprint density at radius 3 is 2.58 bits per heavy atom. The highest BCUT2D eigenvalue weighted by Gasteiger charge is 2.25. The number of benzene rings is 1. The largest absolute Gasteiger partial charge is 0.361 e. The molecule has 1 aliphatic heterocycles. The summed E-state index contributed by atoms with van der Waals surface area (Å²) in [5, 5.41) is 12.8. The van der Waals surface area contributed by atoms with Gasteiger partial charge in [0.05, 0.1) is 11.5 Å². The number of nitrogens with one attached hydrogen (secondary N) is 1. The van der Waals surface area contributed by atoms with E-state index in [0.29, 0.717) is 11.3 Å². The fourth-order valence-electron chi connectivity index (χ4n) is 1.95. The summed E-state index contributed by atoms with van der Waals surface area (Å²) in [5.41, 5.74) is 1.08. The van der Waals surface area contributed by atoms with E-state index in [4.69, 9.17) is 0 Å². The van der Waals surface area contributed by atoms with E-state index in [1.54, 1.807) is 17.9 Å². The standard InChI is InChI=1S/C12H17FN2O3S/c1-9-8-10(2-3-11(9)13)14-12(16)15-4-6-19(17,18)7-5-15/h2-3,8,12,14,16H,4-7H2,1H3. The summed E-state index contributed by atoms with van der Waals surface area (Å²) in [6, 6.07) is 4.45. The van der Waals surface area contributed by atoms with Crippen LogP contribution in [0.2, 0.25) is 0 Å². The number of anilines is 1. The van der Waals surface area contributed by atoms with E-state index in [-0.39, 0.29) is 30.4 Å². The maximum Gasteiger partial charge on any atom is 0.184 e. The van der Waals surface area contributed by atoms with Crippen LogP contribution < -0.4 is 5.32 Å². The molecule has 1 aliphatic rings. The van der Waals surface area contributed by atoms with E-state index in [0.717, 1.165) is 0 Å². The first-order valence-corrected chi connectivity index (χ1v) is 7.85. The summed E-state index contributed by atoms with van der Waals surface area (Å²) >= 11 is 0. The first kappa shape index (κ1) is 14.2. The average Bonchev–Trinajstić information content (AvgIpc) is 2.33. The lowest BCUT2D eigenvalue weighted by Crippen LogP contribution is -2.49. The van der Waals surface area contributed by atoms with Crippen LogP contribution in [0.4, 0.5) is 10.1 Å². The third kappa shape index (κ3) is 3.65. The van der Waals surface area contributed by atoms with Crippen LogP contribution >= 0.6 is 0 Å². The molecule has 0 saturated carbocycles. The second kappa shape index (κ2) is 5.44. The number of rotatable bonds is 3. The van der Waals surface area contributed by atoms with Gasteiger partial charge in [0.2, 0.25) is 0 Å². The number of aliphatic hydroxyl groups excluding tert-OH is 1. The molecule has 2 N–H and O–H groups in total. The van der Waals surface area contributed by atoms with Crippen LogP contribution in [0.25, 0.3) is 0 Å². The molecule has 1 saturated heterocycles. The molecule has 1 aromatic rings. The Labute approximate surface area is 112 Å². The summed E-state index contributed by atoms with van der Waals surface area (Å²) in [5.74, 6) is -0.202. The van der Waals surface area contributed by atoms with Crippen LogP contribution in [0.3, 0.4) is 0 Å². The molecule has 7 heteroatoms. The highest BCUT2D eigenvalue weighted by molar-refractivity contribution is 7.91. The van der Waals surface area contributed by atoms with Crippen LogP contribution in [-0.4, -0.2) is 49.4 Å². The molecule has 0 amide bonds. The highest BCUT2D eigenvalue weighted by atomic mass is 32.2. The molecule has 106 valence electrons. The zero-order valence-corrected chi connectivity index (χ0v) is 11.5. The molecule has 2 rings (SSSR count). The zero-order valence-electron chi connectivity index (χ0n) is 10.6. The summed E-state index contributed by atoms with van der Waals surface area (Å²) in [4.78, 5) is 1.64. The maximum absolute atomic E-state index is 13.1. The van der Waals surface area contributed by atoms with E-state index in [2.05, 4.69) is 5.32 Å². The van der Waals surface area contributed by atoms with Crippen molar-refractivity contribution in [3.8, 4) is 0 Å². The Morgan fingerprint density at radius 1 is 1.37 bits per heavy atom. The van der Waals surface area contributed by atoms with Gasteiger partial charge in [-0.2, -0.15) is 0 Å². The van der Waals surface area contributed by atoms with Gasteiger partial charge in [-0.1, -0.05) is 0 Å². The van der Waals surface area contributed by atoms with E-state index < -0.39 is 16.2 Å². The van der Waals surface area contributed by atoms with Gasteiger partial charge in [-0.15, -0.1) is 0 Å². The minimum absolute atomic E-state index is 0.0498. The van der Waals surface area contributed by atoms with Crippen molar-refractivity contribution in [3.05, 3.63) is 29.6 Å². The molecule has 0 spiro atoms. The number of hydrogen-bond donors (Lipinski definition) is 2. The molecule has 1 fully saturated rings. The average molecular weight is 288 g/mol. The monoisotopic (exact) mass is 288 g/mol. The number of hydrogen-bond acceptors (Lipinski definition) is 5. The molecular weight excluding hydrogens is 271 g/mol. The molecule has 1 atom stereocenters. The van der Waals surface area contributed by atoms with Crippen LogP contribution in [0, 0.1) is 12.7 Å². The van der Waals surface area contributed by atoms with Crippen LogP contribution in [-0.2, 0) is 9.84 Å². The van der Waals surface area contributed by atoms with Crippen LogP contribution in [0.15, 0.2) is 18.2 Å². The smallest absolute Gasteiger partial charge is 0.184 e. The predicted octanol–water partition coefficient (Wildman–Crippen LogP) is 0.552. The Bertz CT molecular complexity index is 548. The van der Waals surface area contributed by atoms with Crippen molar-refractivity contribution in [1.29, 1.82) is 0 Å². The molecule has 1 aromatic carbocycles. The molecule has 0 aliphatic carbocycles. The van der Waals surface area contributed by atoms with Crippen LogP contribution in [0.1, 0.15) is 5.56 Å². The maximum atomic E-state index is 13.1. The van der Waals surface area contributed by atoms with Crippen molar-refractivity contribution in [3.63, 3.8) is 0 Å². The number of aryl methyl sites for hydroxylation is 1. The minimum atomic E-state index is -2.96. The number of halogens is 1. The van der Waals surface area contributed by atoms with Gasteiger partial charge in [0.1, 0.15) is 5.82 Å². The van der Waals surface area contributed by atoms with Gasteiger partial charge in [0, 0.05) is 18.8 Å². The molecule has 0 bridgehead atoms. The highest BCUT2D eigenvalue weighted by Crippen LogP contribution is 2.16. The summed E-state index contributed by atoms with van der Waals surface area (Å²) in [6.07, 6.45) is -0.972. The number of aliphatic hydroxyl groups is 1. The van der Waals surface area contributed by atoms with Crippen molar-refractivity contribution in [2.45, 2.75) is 13.3 Å². The number of nitrogens with zero attached hydrogens (tertiary/aromatic N) is 1. The Balaban J connectivity index is 1.97. The Hall–Kier alpha value is -1.18. The SMILES string of the molecule is Cc1cc(NC(O)N2CCS(=O)(=O)CC2)ccc1F.